The topological polar surface area (TPSA) is 41.9 Å². The van der Waals surface area contributed by atoms with E-state index in [4.69, 9.17) is 15.0 Å². The van der Waals surface area contributed by atoms with Crippen LogP contribution in [-0.4, -0.2) is 15.0 Å². The van der Waals surface area contributed by atoms with Crippen molar-refractivity contribution in [1.82, 2.24) is 15.0 Å². The molecule has 3 aromatic heterocycles. The largest absolute Gasteiger partial charge is 0.262 e. The third-order valence-corrected chi connectivity index (χ3v) is 7.47. The van der Waals surface area contributed by atoms with Crippen LogP contribution >= 0.6 is 0 Å². The van der Waals surface area contributed by atoms with E-state index in [1.807, 2.05) is 0 Å². The van der Waals surface area contributed by atoms with Gasteiger partial charge in [-0.1, -0.05) is 0 Å². The van der Waals surface area contributed by atoms with E-state index in [-0.39, 0.29) is 0 Å². The van der Waals surface area contributed by atoms with Crippen LogP contribution in [-0.2, 0) is 0 Å². The van der Waals surface area contributed by atoms with E-state index in [1.165, 1.54) is 33.4 Å². The zero-order valence-electron chi connectivity index (χ0n) is 21.3. The van der Waals surface area contributed by atoms with Crippen molar-refractivity contribution in [2.45, 2.75) is 83.1 Å². The Morgan fingerprint density at radius 3 is 0.774 bits per heavy atom. The minimum absolute atomic E-state index is 0.914. The summed E-state index contributed by atoms with van der Waals surface area (Å²) in [6.45, 7) is 25.7. The molecule has 0 aromatic carbocycles. The number of aromatic nitrogens is 3. The van der Waals surface area contributed by atoms with Gasteiger partial charge in [-0.2, -0.15) is 0 Å². The van der Waals surface area contributed by atoms with Gasteiger partial charge >= 0.3 is 0 Å². The second-order valence-electron chi connectivity index (χ2n) is 9.02. The molecule has 0 radical (unpaired) electrons. The zero-order valence-corrected chi connectivity index (χ0v) is 21.3. The molecule has 4 nitrogen and oxygen atoms in total. The van der Waals surface area contributed by atoms with Crippen molar-refractivity contribution in [2.75, 3.05) is 4.90 Å². The summed E-state index contributed by atoms with van der Waals surface area (Å²) in [6.07, 6.45) is 0. The van der Waals surface area contributed by atoms with Crippen molar-refractivity contribution in [3.63, 3.8) is 0 Å². The van der Waals surface area contributed by atoms with Crippen LogP contribution in [0.2, 0.25) is 0 Å². The molecule has 3 heterocycles. The number of nitrogens with zero attached hydrogens (tertiary/aromatic N) is 4. The minimum atomic E-state index is 0.914. The molecule has 0 spiro atoms. The van der Waals surface area contributed by atoms with Crippen molar-refractivity contribution >= 4 is 17.5 Å². The lowest BCUT2D eigenvalue weighted by atomic mass is 10.00. The molecule has 0 N–H and O–H groups in total. The van der Waals surface area contributed by atoms with E-state index in [0.29, 0.717) is 0 Å². The first kappa shape index (κ1) is 22.9. The summed E-state index contributed by atoms with van der Waals surface area (Å²) in [5, 5.41) is 0. The van der Waals surface area contributed by atoms with E-state index < -0.39 is 0 Å². The molecule has 0 saturated carbocycles. The Bertz CT molecular complexity index is 1050. The zero-order chi connectivity index (χ0) is 23.4. The maximum absolute atomic E-state index is 5.08. The molecule has 31 heavy (non-hydrogen) atoms. The first-order valence-corrected chi connectivity index (χ1v) is 11.0. The highest BCUT2D eigenvalue weighted by Gasteiger charge is 2.27. The number of hydrogen-bond donors (Lipinski definition) is 0. The van der Waals surface area contributed by atoms with E-state index in [9.17, 15) is 0 Å². The van der Waals surface area contributed by atoms with Crippen LogP contribution in [0, 0.1) is 83.1 Å². The Kier molecular flexibility index (Phi) is 5.96. The molecule has 0 fully saturated rings. The summed E-state index contributed by atoms with van der Waals surface area (Å²) in [5.74, 6) is 2.74. The first-order chi connectivity index (χ1) is 14.4. The molecule has 0 unspecified atom stereocenters. The first-order valence-electron chi connectivity index (χ1n) is 11.0. The molecule has 0 saturated heterocycles. The highest BCUT2D eigenvalue weighted by molar-refractivity contribution is 5.78. The summed E-state index contributed by atoms with van der Waals surface area (Å²) in [7, 11) is 0. The van der Waals surface area contributed by atoms with Gasteiger partial charge in [0, 0.05) is 17.1 Å². The second kappa shape index (κ2) is 8.07. The molecular formula is C27H36N4. The van der Waals surface area contributed by atoms with Crippen LogP contribution in [0.1, 0.15) is 67.2 Å². The Labute approximate surface area is 187 Å². The monoisotopic (exact) mass is 416 g/mol. The van der Waals surface area contributed by atoms with Crippen LogP contribution in [0.25, 0.3) is 0 Å². The fourth-order valence-corrected chi connectivity index (χ4v) is 4.09. The molecule has 164 valence electrons. The third-order valence-electron chi connectivity index (χ3n) is 7.47. The molecule has 0 atom stereocenters. The average molecular weight is 417 g/mol. The van der Waals surface area contributed by atoms with Gasteiger partial charge in [0.05, 0.1) is 0 Å². The SMILES string of the molecule is Cc1nc(N(c2nc(C)c(C)c(C)c2C)c2nc(C)c(C)c(C)c2C)c(C)c(C)c1C. The lowest BCUT2D eigenvalue weighted by Gasteiger charge is -2.30. The quantitative estimate of drug-likeness (QED) is 0.459. The highest BCUT2D eigenvalue weighted by Crippen LogP contribution is 2.41. The molecule has 3 rings (SSSR count). The van der Waals surface area contributed by atoms with Gasteiger partial charge in [-0.3, -0.25) is 4.90 Å². The molecule has 0 aliphatic rings. The molecule has 0 amide bonds. The number of pyridine rings is 3. The number of anilines is 3. The average Bonchev–Trinajstić information content (AvgIpc) is 2.74. The van der Waals surface area contributed by atoms with Gasteiger partial charge in [-0.05, 0) is 133 Å². The standard InChI is InChI=1S/C27H36N4/c1-13-16(4)22(10)28-25(19(13)7)31(26-20(8)14(2)17(5)23(11)29-26)27-21(9)15(3)18(6)24(12)30-27/h1-12H3. The number of aryl methyl sites for hydroxylation is 3. The third kappa shape index (κ3) is 3.62. The highest BCUT2D eigenvalue weighted by atomic mass is 15.3. The van der Waals surface area contributed by atoms with Gasteiger partial charge in [-0.15, -0.1) is 0 Å². The predicted molar refractivity (Wildman–Crippen MR) is 131 cm³/mol. The smallest absolute Gasteiger partial charge is 0.143 e. The van der Waals surface area contributed by atoms with Crippen LogP contribution in [0.15, 0.2) is 0 Å². The Balaban J connectivity index is 2.50. The summed E-state index contributed by atoms with van der Waals surface area (Å²) < 4.78 is 0. The molecule has 0 aliphatic heterocycles. The number of hydrogen-bond acceptors (Lipinski definition) is 4. The second-order valence-corrected chi connectivity index (χ2v) is 9.02. The van der Waals surface area contributed by atoms with Crippen molar-refractivity contribution in [2.24, 2.45) is 0 Å². The fourth-order valence-electron chi connectivity index (χ4n) is 4.09. The van der Waals surface area contributed by atoms with Gasteiger partial charge in [0.25, 0.3) is 0 Å². The van der Waals surface area contributed by atoms with Crippen LogP contribution in [0.3, 0.4) is 0 Å². The van der Waals surface area contributed by atoms with E-state index in [0.717, 1.165) is 51.2 Å². The molecular weight excluding hydrogens is 380 g/mol. The minimum Gasteiger partial charge on any atom is -0.262 e. The summed E-state index contributed by atoms with van der Waals surface area (Å²) in [5.41, 5.74) is 14.1. The predicted octanol–water partition coefficient (Wildman–Crippen LogP) is 7.04. The normalized spacial score (nSPS) is 11.2. The summed E-state index contributed by atoms with van der Waals surface area (Å²) in [6, 6.07) is 0. The lowest BCUT2D eigenvalue weighted by molar-refractivity contribution is 0.967. The van der Waals surface area contributed by atoms with Crippen molar-refractivity contribution < 1.29 is 0 Å². The fraction of sp³-hybridized carbons (Fsp3) is 0.444. The summed E-state index contributed by atoms with van der Waals surface area (Å²) in [4.78, 5) is 17.4. The number of rotatable bonds is 3. The van der Waals surface area contributed by atoms with E-state index in [1.54, 1.807) is 0 Å². The summed E-state index contributed by atoms with van der Waals surface area (Å²) >= 11 is 0. The molecule has 4 heteroatoms. The molecule has 0 bridgehead atoms. The molecule has 3 aromatic rings. The molecule has 0 aliphatic carbocycles. The van der Waals surface area contributed by atoms with Gasteiger partial charge in [0.1, 0.15) is 17.5 Å². The van der Waals surface area contributed by atoms with Crippen molar-refractivity contribution in [3.8, 4) is 0 Å². The Morgan fingerprint density at radius 2 is 0.548 bits per heavy atom. The maximum atomic E-state index is 5.08. The van der Waals surface area contributed by atoms with Crippen LogP contribution < -0.4 is 4.90 Å². The Hall–Kier alpha value is -2.75. The van der Waals surface area contributed by atoms with Crippen molar-refractivity contribution in [1.29, 1.82) is 0 Å². The van der Waals surface area contributed by atoms with Crippen LogP contribution in [0.4, 0.5) is 17.5 Å². The van der Waals surface area contributed by atoms with E-state index in [2.05, 4.69) is 88.0 Å². The van der Waals surface area contributed by atoms with E-state index >= 15 is 0 Å². The lowest BCUT2D eigenvalue weighted by Crippen LogP contribution is -2.21. The van der Waals surface area contributed by atoms with Gasteiger partial charge in [-0.25, -0.2) is 15.0 Å². The maximum Gasteiger partial charge on any atom is 0.143 e. The van der Waals surface area contributed by atoms with Crippen molar-refractivity contribution in [3.05, 3.63) is 67.2 Å². The van der Waals surface area contributed by atoms with Crippen LogP contribution in [0.5, 0.6) is 0 Å². The van der Waals surface area contributed by atoms with Gasteiger partial charge in [0.2, 0.25) is 0 Å². The van der Waals surface area contributed by atoms with Gasteiger partial charge in [0.15, 0.2) is 0 Å². The van der Waals surface area contributed by atoms with Gasteiger partial charge < -0.3 is 0 Å². The Morgan fingerprint density at radius 1 is 0.323 bits per heavy atom.